The van der Waals surface area contributed by atoms with Gasteiger partial charge in [-0.2, -0.15) is 0 Å². The highest BCUT2D eigenvalue weighted by atomic mass is 32.2. The molecule has 0 aliphatic rings. The lowest BCUT2D eigenvalue weighted by molar-refractivity contribution is 0.311. The maximum Gasteiger partial charge on any atom is 0.195 e. The molecule has 9 heteroatoms. The van der Waals surface area contributed by atoms with Gasteiger partial charge in [0, 0.05) is 37.8 Å². The van der Waals surface area contributed by atoms with Gasteiger partial charge < -0.3 is 24.7 Å². The molecule has 2 aromatic rings. The van der Waals surface area contributed by atoms with Crippen molar-refractivity contribution in [3.05, 3.63) is 24.0 Å². The number of rotatable bonds is 12. The first-order valence-electron chi connectivity index (χ1n) is 10.8. The third-order valence-electron chi connectivity index (χ3n) is 4.42. The van der Waals surface area contributed by atoms with Crippen LogP contribution < -0.4 is 20.1 Å². The molecule has 1 aromatic heterocycles. The van der Waals surface area contributed by atoms with Crippen LogP contribution in [0.4, 0.5) is 5.69 Å². The Morgan fingerprint density at radius 2 is 2.03 bits per heavy atom. The minimum absolute atomic E-state index is 0.550. The van der Waals surface area contributed by atoms with Crippen LogP contribution in [0, 0.1) is 5.92 Å². The van der Waals surface area contributed by atoms with Gasteiger partial charge in [0.25, 0.3) is 0 Å². The Labute approximate surface area is 190 Å². The van der Waals surface area contributed by atoms with Crippen LogP contribution in [-0.4, -0.2) is 53.8 Å². The van der Waals surface area contributed by atoms with Crippen LogP contribution in [0.3, 0.4) is 0 Å². The Balaban J connectivity index is 2.01. The van der Waals surface area contributed by atoms with Crippen LogP contribution in [0.25, 0.3) is 0 Å². The maximum atomic E-state index is 5.67. The summed E-state index contributed by atoms with van der Waals surface area (Å²) in [6.07, 6.45) is 3.79. The van der Waals surface area contributed by atoms with Crippen molar-refractivity contribution in [2.45, 2.75) is 52.2 Å². The molecule has 2 rings (SSSR count). The molecule has 31 heavy (non-hydrogen) atoms. The van der Waals surface area contributed by atoms with Gasteiger partial charge in [0.05, 0.1) is 13.7 Å². The highest BCUT2D eigenvalue weighted by molar-refractivity contribution is 7.98. The summed E-state index contributed by atoms with van der Waals surface area (Å²) in [6, 6.07) is 5.77. The molecule has 2 N–H and O–H groups in total. The topological polar surface area (TPSA) is 85.6 Å². The lowest BCUT2D eigenvalue weighted by Crippen LogP contribution is -2.30. The van der Waals surface area contributed by atoms with E-state index in [4.69, 9.17) is 14.5 Å². The second kappa shape index (κ2) is 13.1. The van der Waals surface area contributed by atoms with Gasteiger partial charge >= 0.3 is 0 Å². The highest BCUT2D eigenvalue weighted by Crippen LogP contribution is 2.30. The molecule has 172 valence electrons. The molecule has 0 amide bonds. The number of methoxy groups -OCH3 is 1. The highest BCUT2D eigenvalue weighted by Gasteiger charge is 2.12. The average Bonchev–Trinajstić information content (AvgIpc) is 3.12. The number of nitrogens with zero attached hydrogens (tertiary/aromatic N) is 4. The monoisotopic (exact) mass is 448 g/mol. The van der Waals surface area contributed by atoms with Crippen molar-refractivity contribution in [3.63, 3.8) is 0 Å². The van der Waals surface area contributed by atoms with Crippen LogP contribution in [-0.2, 0) is 13.0 Å². The van der Waals surface area contributed by atoms with Crippen LogP contribution >= 0.6 is 11.8 Å². The SMILES string of the molecule is CCNC(=NCCCc1nnc(SC)n1CC(C)C)Nc1ccc(OC)c(OCC)c1. The molecule has 0 bridgehead atoms. The number of hydrogen-bond donors (Lipinski definition) is 2. The Bertz CT molecular complexity index is 837. The fourth-order valence-electron chi connectivity index (χ4n) is 3.10. The van der Waals surface area contributed by atoms with E-state index in [1.165, 1.54) is 0 Å². The number of benzene rings is 1. The summed E-state index contributed by atoms with van der Waals surface area (Å²) in [6.45, 7) is 11.4. The third-order valence-corrected chi connectivity index (χ3v) is 5.09. The fraction of sp³-hybridized carbons (Fsp3) is 0.591. The summed E-state index contributed by atoms with van der Waals surface area (Å²) in [5.74, 6) is 3.74. The van der Waals surface area contributed by atoms with Crippen molar-refractivity contribution in [1.82, 2.24) is 20.1 Å². The Hall–Kier alpha value is -2.42. The summed E-state index contributed by atoms with van der Waals surface area (Å²) in [5, 5.41) is 16.3. The van der Waals surface area contributed by atoms with Gasteiger partial charge in [0.1, 0.15) is 5.82 Å². The van der Waals surface area contributed by atoms with Crippen molar-refractivity contribution in [3.8, 4) is 11.5 Å². The number of aliphatic imine (C=N–C) groups is 1. The molecule has 0 unspecified atom stereocenters. The summed E-state index contributed by atoms with van der Waals surface area (Å²) in [7, 11) is 1.64. The van der Waals surface area contributed by atoms with E-state index in [2.05, 4.69) is 46.2 Å². The molecule has 0 fully saturated rings. The smallest absolute Gasteiger partial charge is 0.195 e. The number of guanidine groups is 1. The van der Waals surface area contributed by atoms with E-state index in [1.807, 2.05) is 31.4 Å². The Morgan fingerprint density at radius 1 is 1.23 bits per heavy atom. The zero-order chi connectivity index (χ0) is 22.6. The summed E-state index contributed by atoms with van der Waals surface area (Å²) >= 11 is 1.64. The molecule has 1 heterocycles. The molecule has 0 aliphatic heterocycles. The number of anilines is 1. The van der Waals surface area contributed by atoms with Crippen molar-refractivity contribution in [1.29, 1.82) is 0 Å². The van der Waals surface area contributed by atoms with E-state index in [0.29, 0.717) is 30.6 Å². The summed E-state index contributed by atoms with van der Waals surface area (Å²) < 4.78 is 13.3. The van der Waals surface area contributed by atoms with Gasteiger partial charge in [-0.15, -0.1) is 10.2 Å². The Kier molecular flexibility index (Phi) is 10.5. The first kappa shape index (κ1) is 24.8. The zero-order valence-corrected chi connectivity index (χ0v) is 20.4. The van der Waals surface area contributed by atoms with Gasteiger partial charge in [-0.3, -0.25) is 4.99 Å². The van der Waals surface area contributed by atoms with Gasteiger partial charge in [-0.05, 0) is 44.6 Å². The predicted molar refractivity (Wildman–Crippen MR) is 129 cm³/mol. The third kappa shape index (κ3) is 7.65. The second-order valence-electron chi connectivity index (χ2n) is 7.40. The largest absolute Gasteiger partial charge is 0.493 e. The average molecular weight is 449 g/mol. The van der Waals surface area contributed by atoms with Crippen molar-refractivity contribution in [2.24, 2.45) is 10.9 Å². The predicted octanol–water partition coefficient (Wildman–Crippen LogP) is 4.07. The van der Waals surface area contributed by atoms with E-state index in [0.717, 1.165) is 48.6 Å². The van der Waals surface area contributed by atoms with Crippen LogP contribution in [0.15, 0.2) is 28.3 Å². The maximum absolute atomic E-state index is 5.67. The van der Waals surface area contributed by atoms with Crippen LogP contribution in [0.1, 0.15) is 39.9 Å². The molecule has 0 aliphatic carbocycles. The van der Waals surface area contributed by atoms with Crippen molar-refractivity contribution >= 4 is 23.4 Å². The van der Waals surface area contributed by atoms with Crippen LogP contribution in [0.5, 0.6) is 11.5 Å². The van der Waals surface area contributed by atoms with E-state index < -0.39 is 0 Å². The molecule has 0 spiro atoms. The van der Waals surface area contributed by atoms with Gasteiger partial charge in [0.2, 0.25) is 0 Å². The molecule has 1 aromatic carbocycles. The molecule has 0 radical (unpaired) electrons. The molecular formula is C22H36N6O2S. The Morgan fingerprint density at radius 3 is 2.68 bits per heavy atom. The first-order valence-corrected chi connectivity index (χ1v) is 12.1. The normalized spacial score (nSPS) is 11.6. The second-order valence-corrected chi connectivity index (χ2v) is 8.17. The lowest BCUT2D eigenvalue weighted by Gasteiger charge is -2.14. The standard InChI is InChI=1S/C22H36N6O2S/c1-7-23-21(25-17-11-12-18(29-5)19(14-17)30-8-2)24-13-9-10-20-26-27-22(31-6)28(20)15-16(3)4/h11-12,14,16H,7-10,13,15H2,1-6H3,(H2,23,24,25). The van der Waals surface area contributed by atoms with Crippen molar-refractivity contribution in [2.75, 3.05) is 38.4 Å². The molecule has 0 saturated heterocycles. The number of aryl methyl sites for hydroxylation is 1. The molecular weight excluding hydrogens is 412 g/mol. The van der Waals surface area contributed by atoms with E-state index in [1.54, 1.807) is 18.9 Å². The van der Waals surface area contributed by atoms with Gasteiger partial charge in [0.15, 0.2) is 22.6 Å². The van der Waals surface area contributed by atoms with Gasteiger partial charge in [-0.1, -0.05) is 25.6 Å². The number of nitrogens with one attached hydrogen (secondary N) is 2. The fourth-order valence-corrected chi connectivity index (χ4v) is 3.62. The van der Waals surface area contributed by atoms with E-state index in [-0.39, 0.29) is 0 Å². The van der Waals surface area contributed by atoms with E-state index in [9.17, 15) is 0 Å². The number of ether oxygens (including phenoxy) is 2. The summed E-state index contributed by atoms with van der Waals surface area (Å²) in [5.41, 5.74) is 0.894. The minimum Gasteiger partial charge on any atom is -0.493 e. The van der Waals surface area contributed by atoms with Gasteiger partial charge in [-0.25, -0.2) is 0 Å². The van der Waals surface area contributed by atoms with Crippen LogP contribution in [0.2, 0.25) is 0 Å². The quantitative estimate of drug-likeness (QED) is 0.219. The molecule has 0 atom stereocenters. The number of thioether (sulfide) groups is 1. The van der Waals surface area contributed by atoms with Crippen molar-refractivity contribution < 1.29 is 9.47 Å². The summed E-state index contributed by atoms with van der Waals surface area (Å²) in [4.78, 5) is 4.72. The zero-order valence-electron chi connectivity index (χ0n) is 19.6. The lowest BCUT2D eigenvalue weighted by atomic mass is 10.2. The number of aromatic nitrogens is 3. The molecule has 8 nitrogen and oxygen atoms in total. The van der Waals surface area contributed by atoms with E-state index >= 15 is 0 Å². The minimum atomic E-state index is 0.550. The first-order chi connectivity index (χ1) is 15.0. The number of hydrogen-bond acceptors (Lipinski definition) is 6. The molecule has 0 saturated carbocycles.